The summed E-state index contributed by atoms with van der Waals surface area (Å²) >= 11 is -1.49. The van der Waals surface area contributed by atoms with Crippen molar-refractivity contribution in [3.8, 4) is 0 Å². The van der Waals surface area contributed by atoms with E-state index < -0.39 is 27.1 Å². The highest BCUT2D eigenvalue weighted by Gasteiger charge is 2.22. The smallest absolute Gasteiger partial charge is 0.259 e. The number of carbonyl (C=O) groups is 2. The highest BCUT2D eigenvalue weighted by atomic mass is 127. The summed E-state index contributed by atoms with van der Waals surface area (Å²) in [7, 11) is 0. The van der Waals surface area contributed by atoms with Gasteiger partial charge in [0.15, 0.2) is 21.2 Å². The molecule has 0 aliphatic rings. The van der Waals surface area contributed by atoms with Crippen LogP contribution in [0.3, 0.4) is 0 Å². The predicted octanol–water partition coefficient (Wildman–Crippen LogP) is 8.92. The maximum Gasteiger partial charge on any atom is 0.259 e. The van der Waals surface area contributed by atoms with E-state index in [4.69, 9.17) is 0 Å². The summed E-state index contributed by atoms with van der Waals surface area (Å²) in [5.41, 5.74) is 4.27. The first-order valence-corrected chi connectivity index (χ1v) is 15.5. The van der Waals surface area contributed by atoms with Gasteiger partial charge in [-0.25, -0.2) is 0 Å². The fourth-order valence-electron chi connectivity index (χ4n) is 4.54. The van der Waals surface area contributed by atoms with Gasteiger partial charge in [0.05, 0.1) is 9.13 Å². The summed E-state index contributed by atoms with van der Waals surface area (Å²) in [6, 6.07) is 0. The van der Waals surface area contributed by atoms with Gasteiger partial charge in [-0.15, -0.1) is 0 Å². The Morgan fingerprint density at radius 2 is 1.03 bits per heavy atom. The Balaban J connectivity index is 2.17. The minimum absolute atomic E-state index is 0.231. The highest BCUT2D eigenvalue weighted by molar-refractivity contribution is 14.1. The molecule has 0 radical (unpaired) electrons. The van der Waals surface area contributed by atoms with Gasteiger partial charge in [0.1, 0.15) is 0 Å². The van der Waals surface area contributed by atoms with Crippen LogP contribution in [0.4, 0.5) is 0 Å². The quantitative estimate of drug-likeness (QED) is 0.138. The van der Waals surface area contributed by atoms with E-state index in [1.165, 1.54) is 77.0 Å². The molecule has 4 nitrogen and oxygen atoms in total. The van der Waals surface area contributed by atoms with Crippen LogP contribution < -0.4 is 5.32 Å². The van der Waals surface area contributed by atoms with Crippen LogP contribution in [0.2, 0.25) is 0 Å². The van der Waals surface area contributed by atoms with E-state index in [2.05, 4.69) is 12.2 Å². The van der Waals surface area contributed by atoms with E-state index in [1.54, 1.807) is 0 Å². The van der Waals surface area contributed by atoms with Crippen LogP contribution in [-0.4, -0.2) is 11.8 Å². The summed E-state index contributed by atoms with van der Waals surface area (Å²) in [6.45, 7) is 10.0. The second kappa shape index (κ2) is 18.2. The molecular formula is C29H48INO3. The average molecular weight is 586 g/mol. The zero-order valence-electron chi connectivity index (χ0n) is 22.4. The van der Waals surface area contributed by atoms with E-state index in [9.17, 15) is 12.7 Å². The summed E-state index contributed by atoms with van der Waals surface area (Å²) < 4.78 is 12.5. The van der Waals surface area contributed by atoms with Crippen molar-refractivity contribution in [2.75, 3.05) is 0 Å². The molecule has 34 heavy (non-hydrogen) atoms. The van der Waals surface area contributed by atoms with Gasteiger partial charge in [0, 0.05) is 6.42 Å². The number of benzene rings is 1. The molecule has 194 valence electrons. The van der Waals surface area contributed by atoms with Crippen molar-refractivity contribution in [1.82, 2.24) is 5.32 Å². The van der Waals surface area contributed by atoms with Crippen LogP contribution >= 0.6 is 21.2 Å². The Labute approximate surface area is 219 Å². The van der Waals surface area contributed by atoms with Crippen LogP contribution in [0.1, 0.15) is 142 Å². The molecule has 0 saturated heterocycles. The number of nitrogens with one attached hydrogen (secondary N) is 1. The van der Waals surface area contributed by atoms with Gasteiger partial charge in [0.25, 0.3) is 5.91 Å². The van der Waals surface area contributed by atoms with E-state index in [1.807, 2.05) is 27.7 Å². The normalized spacial score (nSPS) is 11.1. The predicted molar refractivity (Wildman–Crippen MR) is 151 cm³/mol. The van der Waals surface area contributed by atoms with Crippen molar-refractivity contribution in [3.05, 3.63) is 31.4 Å². The lowest BCUT2D eigenvalue weighted by molar-refractivity contribution is -0.120. The molecule has 0 unspecified atom stereocenters. The molecule has 0 aromatic heterocycles. The SMILES string of the molecule is CCCCCCCCCCCCCCCCCC(=O)NC(=O)c1c(C)c(C)c(C)c(C)c1I=O. The van der Waals surface area contributed by atoms with Gasteiger partial charge in [-0.05, 0) is 56.4 Å². The number of hydrogen-bond donors (Lipinski definition) is 1. The Hall–Kier alpha value is -1.11. The van der Waals surface area contributed by atoms with Gasteiger partial charge in [-0.1, -0.05) is 96.8 Å². The van der Waals surface area contributed by atoms with Gasteiger partial charge in [-0.2, -0.15) is 0 Å². The van der Waals surface area contributed by atoms with Crippen molar-refractivity contribution in [2.45, 2.75) is 137 Å². The maximum absolute atomic E-state index is 12.8. The van der Waals surface area contributed by atoms with E-state index in [0.29, 0.717) is 15.6 Å². The topological polar surface area (TPSA) is 63.2 Å². The lowest BCUT2D eigenvalue weighted by atomic mass is 9.94. The first-order chi connectivity index (χ1) is 16.3. The molecule has 1 rings (SSSR count). The van der Waals surface area contributed by atoms with Crippen molar-refractivity contribution in [3.63, 3.8) is 0 Å². The molecule has 5 heteroatoms. The minimum atomic E-state index is -1.49. The molecule has 1 aromatic rings. The Bertz CT molecular complexity index is 788. The van der Waals surface area contributed by atoms with Crippen molar-refractivity contribution >= 4 is 33.0 Å². The van der Waals surface area contributed by atoms with Gasteiger partial charge in [0.2, 0.25) is 5.91 Å². The molecule has 0 aliphatic carbocycles. The number of hydrogen-bond acceptors (Lipinski definition) is 3. The lowest BCUT2D eigenvalue weighted by Gasteiger charge is -2.16. The van der Waals surface area contributed by atoms with Crippen molar-refractivity contribution in [1.29, 1.82) is 0 Å². The molecule has 0 heterocycles. The fourth-order valence-corrected chi connectivity index (χ4v) is 6.15. The first-order valence-electron chi connectivity index (χ1n) is 13.6. The van der Waals surface area contributed by atoms with Crippen molar-refractivity contribution < 1.29 is 12.7 Å². The minimum Gasteiger partial charge on any atom is -0.292 e. The third-order valence-electron chi connectivity index (χ3n) is 7.18. The summed E-state index contributed by atoms with van der Waals surface area (Å²) in [5, 5.41) is 2.54. The summed E-state index contributed by atoms with van der Waals surface area (Å²) in [5.74, 6) is -0.634. The van der Waals surface area contributed by atoms with Crippen LogP contribution in [0, 0.1) is 31.3 Å². The fraction of sp³-hybridized carbons (Fsp3) is 0.724. The van der Waals surface area contributed by atoms with E-state index in [0.717, 1.165) is 41.5 Å². The number of halogens is 1. The third kappa shape index (κ3) is 11.1. The van der Waals surface area contributed by atoms with Gasteiger partial charge in [-0.3, -0.25) is 18.0 Å². The number of amides is 2. The summed E-state index contributed by atoms with van der Waals surface area (Å²) in [4.78, 5) is 25.1. The number of rotatable bonds is 18. The Morgan fingerprint density at radius 1 is 0.618 bits per heavy atom. The molecule has 1 aromatic carbocycles. The van der Waals surface area contributed by atoms with E-state index >= 15 is 0 Å². The molecule has 1 N–H and O–H groups in total. The first kappa shape index (κ1) is 30.9. The molecular weight excluding hydrogens is 537 g/mol. The molecule has 0 bridgehead atoms. The number of carbonyl (C=O) groups excluding carboxylic acids is 2. The van der Waals surface area contributed by atoms with Crippen molar-refractivity contribution in [2.24, 2.45) is 0 Å². The second-order valence-electron chi connectivity index (χ2n) is 9.84. The molecule has 0 spiro atoms. The van der Waals surface area contributed by atoms with Crippen LogP contribution in [-0.2, 0) is 7.86 Å². The van der Waals surface area contributed by atoms with Crippen LogP contribution in [0.5, 0.6) is 0 Å². The molecule has 0 saturated carbocycles. The maximum atomic E-state index is 12.8. The highest BCUT2D eigenvalue weighted by Crippen LogP contribution is 2.30. The van der Waals surface area contributed by atoms with Gasteiger partial charge < -0.3 is 0 Å². The van der Waals surface area contributed by atoms with Crippen LogP contribution in [0.25, 0.3) is 0 Å². The lowest BCUT2D eigenvalue weighted by Crippen LogP contribution is -2.32. The molecule has 0 atom stereocenters. The second-order valence-corrected chi connectivity index (χ2v) is 11.4. The average Bonchev–Trinajstić information content (AvgIpc) is 2.82. The molecule has 2 amide bonds. The number of imide groups is 1. The van der Waals surface area contributed by atoms with Gasteiger partial charge >= 0.3 is 0 Å². The van der Waals surface area contributed by atoms with E-state index in [-0.39, 0.29) is 5.91 Å². The Kier molecular flexibility index (Phi) is 16.6. The zero-order valence-corrected chi connectivity index (χ0v) is 24.6. The Morgan fingerprint density at radius 3 is 1.47 bits per heavy atom. The molecule has 0 fully saturated rings. The third-order valence-corrected chi connectivity index (χ3v) is 8.96. The zero-order chi connectivity index (χ0) is 25.3. The van der Waals surface area contributed by atoms with Crippen LogP contribution in [0.15, 0.2) is 0 Å². The number of unbranched alkanes of at least 4 members (excludes halogenated alkanes) is 14. The largest absolute Gasteiger partial charge is 0.292 e. The standard InChI is InChI=1S/C29H48INO3/c1-6-7-8-9-10-11-12-13-14-15-16-17-18-19-20-21-26(32)31-29(33)27-24(4)22(2)23(3)25(5)28(27)30-34/h6-21H2,1-5H3,(H,31,32,33). The monoisotopic (exact) mass is 585 g/mol. The molecule has 0 aliphatic heterocycles. The summed E-state index contributed by atoms with van der Waals surface area (Å²) in [6.07, 6.45) is 19.6.